The maximum Gasteiger partial charge on any atom is 0.163 e. The van der Waals surface area contributed by atoms with E-state index in [0.29, 0.717) is 13.2 Å². The Labute approximate surface area is 96.2 Å². The summed E-state index contributed by atoms with van der Waals surface area (Å²) in [4.78, 5) is 0. The van der Waals surface area contributed by atoms with E-state index in [-0.39, 0.29) is 24.9 Å². The summed E-state index contributed by atoms with van der Waals surface area (Å²) in [6, 6.07) is -0.0504. The minimum atomic E-state index is -0.499. The fraction of sp³-hybridized carbons (Fsp3) is 0.818. The Morgan fingerprint density at radius 3 is 2.56 bits per heavy atom. The lowest BCUT2D eigenvalue weighted by atomic mass is 10.1. The van der Waals surface area contributed by atoms with Gasteiger partial charge in [0.15, 0.2) is 5.79 Å². The summed E-state index contributed by atoms with van der Waals surface area (Å²) in [5.41, 5.74) is 5.81. The monoisotopic (exact) mass is 231 g/mol. The molecule has 3 atom stereocenters. The maximum absolute atomic E-state index is 7.76. The highest BCUT2D eigenvalue weighted by Crippen LogP contribution is 2.31. The molecule has 2 aliphatic heterocycles. The number of aliphatic hydroxyl groups excluding tert-OH is 1. The molecule has 0 aromatic rings. The van der Waals surface area contributed by atoms with Gasteiger partial charge in [-0.15, -0.1) is 6.58 Å². The Bertz CT molecular complexity index is 232. The Morgan fingerprint density at radius 2 is 2.06 bits per heavy atom. The van der Waals surface area contributed by atoms with Crippen LogP contribution in [0.15, 0.2) is 12.7 Å². The van der Waals surface area contributed by atoms with Crippen LogP contribution in [0.3, 0.4) is 0 Å². The quantitative estimate of drug-likeness (QED) is 0.623. The van der Waals surface area contributed by atoms with Crippen molar-refractivity contribution in [1.82, 2.24) is 0 Å². The Hall–Kier alpha value is -0.460. The van der Waals surface area contributed by atoms with Gasteiger partial charge in [0.1, 0.15) is 12.2 Å². The molecule has 2 saturated heterocycles. The van der Waals surface area contributed by atoms with Gasteiger partial charge in [0.25, 0.3) is 0 Å². The van der Waals surface area contributed by atoms with Crippen LogP contribution in [-0.2, 0) is 14.2 Å². The van der Waals surface area contributed by atoms with E-state index >= 15 is 0 Å². The van der Waals surface area contributed by atoms with Gasteiger partial charge in [-0.05, 0) is 13.8 Å². The first-order valence-corrected chi connectivity index (χ1v) is 5.41. The summed E-state index contributed by atoms with van der Waals surface area (Å²) >= 11 is 0. The molecule has 5 heteroatoms. The molecule has 16 heavy (non-hydrogen) atoms. The van der Waals surface area contributed by atoms with Gasteiger partial charge in [-0.1, -0.05) is 6.08 Å². The second-order valence-electron chi connectivity index (χ2n) is 4.31. The summed E-state index contributed by atoms with van der Waals surface area (Å²) in [6.45, 7) is 8.28. The first-order valence-electron chi connectivity index (χ1n) is 5.41. The number of ether oxygens (including phenoxy) is 3. The molecule has 2 aliphatic rings. The van der Waals surface area contributed by atoms with Crippen molar-refractivity contribution in [3.8, 4) is 0 Å². The van der Waals surface area contributed by atoms with Crippen LogP contribution in [0.25, 0.3) is 0 Å². The average Bonchev–Trinajstić information content (AvgIpc) is 2.55. The number of fused-ring (bicyclic) bond motifs is 1. The molecule has 0 saturated carbocycles. The van der Waals surface area contributed by atoms with Gasteiger partial charge in [-0.2, -0.15) is 0 Å². The third-order valence-electron chi connectivity index (χ3n) is 2.37. The molecule has 0 unspecified atom stereocenters. The van der Waals surface area contributed by atoms with Gasteiger partial charge in [-0.25, -0.2) is 0 Å². The Balaban J connectivity index is 0.000000280. The van der Waals surface area contributed by atoms with Crippen LogP contribution in [0.2, 0.25) is 0 Å². The maximum atomic E-state index is 7.76. The van der Waals surface area contributed by atoms with E-state index in [1.165, 1.54) is 6.08 Å². The van der Waals surface area contributed by atoms with E-state index in [1.54, 1.807) is 0 Å². The van der Waals surface area contributed by atoms with E-state index in [4.69, 9.17) is 25.1 Å². The van der Waals surface area contributed by atoms with E-state index in [2.05, 4.69) is 6.58 Å². The normalized spacial score (nSPS) is 35.9. The molecule has 0 bridgehead atoms. The van der Waals surface area contributed by atoms with Crippen LogP contribution in [0.5, 0.6) is 0 Å². The van der Waals surface area contributed by atoms with Crippen LogP contribution < -0.4 is 5.73 Å². The van der Waals surface area contributed by atoms with Crippen molar-refractivity contribution < 1.29 is 19.3 Å². The third kappa shape index (κ3) is 3.54. The van der Waals surface area contributed by atoms with Crippen molar-refractivity contribution in [1.29, 1.82) is 0 Å². The zero-order valence-corrected chi connectivity index (χ0v) is 9.89. The van der Waals surface area contributed by atoms with E-state index < -0.39 is 5.79 Å². The Morgan fingerprint density at radius 1 is 1.44 bits per heavy atom. The van der Waals surface area contributed by atoms with Crippen molar-refractivity contribution in [3.63, 3.8) is 0 Å². The molecular weight excluding hydrogens is 210 g/mol. The smallest absolute Gasteiger partial charge is 0.163 e. The molecule has 0 aliphatic carbocycles. The van der Waals surface area contributed by atoms with E-state index in [1.807, 2.05) is 13.8 Å². The summed E-state index contributed by atoms with van der Waals surface area (Å²) in [5, 5.41) is 7.76. The predicted molar refractivity (Wildman–Crippen MR) is 59.9 cm³/mol. The topological polar surface area (TPSA) is 73.9 Å². The van der Waals surface area contributed by atoms with Crippen LogP contribution in [-0.4, -0.2) is 49.0 Å². The minimum absolute atomic E-state index is 0.00810. The predicted octanol–water partition coefficient (Wildman–Crippen LogP) is 0.0287. The van der Waals surface area contributed by atoms with Crippen molar-refractivity contribution >= 4 is 0 Å². The summed E-state index contributed by atoms with van der Waals surface area (Å²) < 4.78 is 16.5. The van der Waals surface area contributed by atoms with Crippen molar-refractivity contribution in [2.24, 2.45) is 5.73 Å². The molecule has 2 rings (SSSR count). The highest BCUT2D eigenvalue weighted by molar-refractivity contribution is 4.91. The lowest BCUT2D eigenvalue weighted by molar-refractivity contribution is -0.146. The van der Waals surface area contributed by atoms with Gasteiger partial charge in [0.05, 0.1) is 25.9 Å². The second-order valence-corrected chi connectivity index (χ2v) is 4.31. The highest BCUT2D eigenvalue weighted by atomic mass is 16.8. The standard InChI is InChI=1S/C8H15NO3.C3H6O/c1-8(2)11-6-4-10-3-5(9)7(6)12-8;1-2-3-4/h5-7H,3-4,9H2,1-2H3;2,4H,1,3H2/t5-,6+,7-;/m0./s1. The molecule has 0 amide bonds. The van der Waals surface area contributed by atoms with Gasteiger partial charge in [0.2, 0.25) is 0 Å². The van der Waals surface area contributed by atoms with Crippen LogP contribution >= 0.6 is 0 Å². The number of hydrogen-bond donors (Lipinski definition) is 2. The van der Waals surface area contributed by atoms with Crippen molar-refractivity contribution in [2.75, 3.05) is 19.8 Å². The summed E-state index contributed by atoms with van der Waals surface area (Å²) in [6.07, 6.45) is 1.46. The zero-order valence-electron chi connectivity index (χ0n) is 9.89. The average molecular weight is 231 g/mol. The third-order valence-corrected chi connectivity index (χ3v) is 2.37. The Kier molecular flexibility index (Phi) is 4.89. The summed E-state index contributed by atoms with van der Waals surface area (Å²) in [5.74, 6) is -0.499. The number of nitrogens with two attached hydrogens (primary N) is 1. The first kappa shape index (κ1) is 13.6. The molecule has 0 aromatic heterocycles. The van der Waals surface area contributed by atoms with Crippen LogP contribution in [0.1, 0.15) is 13.8 Å². The molecular formula is C11H21NO4. The summed E-state index contributed by atoms with van der Waals surface area (Å²) in [7, 11) is 0. The zero-order chi connectivity index (χ0) is 12.2. The highest BCUT2D eigenvalue weighted by Gasteiger charge is 2.46. The first-order chi connectivity index (χ1) is 7.50. The van der Waals surface area contributed by atoms with Crippen molar-refractivity contribution in [2.45, 2.75) is 37.9 Å². The lowest BCUT2D eigenvalue weighted by Crippen LogP contribution is -2.50. The van der Waals surface area contributed by atoms with E-state index in [0.717, 1.165) is 0 Å². The SMILES string of the molecule is C=CCO.CC1(C)O[C@H]2[C@@H](N)COC[C@H]2O1. The van der Waals surface area contributed by atoms with Gasteiger partial charge < -0.3 is 25.1 Å². The largest absolute Gasteiger partial charge is 0.392 e. The van der Waals surface area contributed by atoms with Gasteiger partial charge >= 0.3 is 0 Å². The molecule has 2 fully saturated rings. The van der Waals surface area contributed by atoms with Gasteiger partial charge in [-0.3, -0.25) is 0 Å². The number of rotatable bonds is 1. The molecule has 3 N–H and O–H groups in total. The molecule has 94 valence electrons. The van der Waals surface area contributed by atoms with Crippen LogP contribution in [0, 0.1) is 0 Å². The van der Waals surface area contributed by atoms with Gasteiger partial charge in [0, 0.05) is 0 Å². The molecule has 2 heterocycles. The van der Waals surface area contributed by atoms with Crippen molar-refractivity contribution in [3.05, 3.63) is 12.7 Å². The molecule has 0 radical (unpaired) electrons. The minimum Gasteiger partial charge on any atom is -0.392 e. The fourth-order valence-corrected chi connectivity index (χ4v) is 1.77. The number of aliphatic hydroxyl groups is 1. The fourth-order valence-electron chi connectivity index (χ4n) is 1.77. The molecule has 0 spiro atoms. The van der Waals surface area contributed by atoms with Crippen LogP contribution in [0.4, 0.5) is 0 Å². The molecule has 5 nitrogen and oxygen atoms in total. The second kappa shape index (κ2) is 5.75. The van der Waals surface area contributed by atoms with E-state index in [9.17, 15) is 0 Å². The lowest BCUT2D eigenvalue weighted by Gasteiger charge is -2.28. The molecule has 0 aromatic carbocycles. The number of hydrogen-bond acceptors (Lipinski definition) is 5.